The van der Waals surface area contributed by atoms with Gasteiger partial charge in [-0.25, -0.2) is 19.8 Å². The fourth-order valence-corrected chi connectivity index (χ4v) is 2.37. The summed E-state index contributed by atoms with van der Waals surface area (Å²) in [4.78, 5) is 20.5. The van der Waals surface area contributed by atoms with Gasteiger partial charge in [-0.15, -0.1) is 0 Å². The molecule has 1 fully saturated rings. The summed E-state index contributed by atoms with van der Waals surface area (Å²) in [5.41, 5.74) is 1.45. The van der Waals surface area contributed by atoms with Gasteiger partial charge in [0.1, 0.15) is 6.33 Å². The number of hydrogen-bond donors (Lipinski definition) is 1. The second-order valence-electron chi connectivity index (χ2n) is 6.45. The molecule has 3 heterocycles. The van der Waals surface area contributed by atoms with Crippen LogP contribution in [0.2, 0.25) is 0 Å². The summed E-state index contributed by atoms with van der Waals surface area (Å²) < 4.78 is 5.21. The maximum atomic E-state index is 12.5. The van der Waals surface area contributed by atoms with Crippen LogP contribution in [0.5, 0.6) is 0 Å². The van der Waals surface area contributed by atoms with Crippen LogP contribution in [0.4, 0.5) is 16.4 Å². The molecule has 1 N–H and O–H groups in total. The van der Waals surface area contributed by atoms with Crippen molar-refractivity contribution in [3.63, 3.8) is 0 Å². The van der Waals surface area contributed by atoms with Crippen LogP contribution in [0.15, 0.2) is 29.3 Å². The second-order valence-corrected chi connectivity index (χ2v) is 6.45. The van der Waals surface area contributed by atoms with Gasteiger partial charge in [-0.05, 0) is 6.42 Å². The SMILES string of the molecule is CC(C)(C)c1cc(NC(=O)N2CCCN2c2cncnc2)on1. The van der Waals surface area contributed by atoms with E-state index in [0.29, 0.717) is 12.4 Å². The lowest BCUT2D eigenvalue weighted by Crippen LogP contribution is -2.43. The topological polar surface area (TPSA) is 87.4 Å². The number of anilines is 2. The molecule has 0 atom stereocenters. The van der Waals surface area contributed by atoms with Crippen molar-refractivity contribution in [1.29, 1.82) is 0 Å². The maximum Gasteiger partial charge on any atom is 0.343 e. The van der Waals surface area contributed by atoms with Crippen LogP contribution in [0.1, 0.15) is 32.9 Å². The Morgan fingerprint density at radius 1 is 1.26 bits per heavy atom. The first-order valence-corrected chi connectivity index (χ1v) is 7.53. The highest BCUT2D eigenvalue weighted by atomic mass is 16.5. The number of hydrazine groups is 1. The molecule has 2 aromatic rings. The van der Waals surface area contributed by atoms with Crippen LogP contribution in [0, 0.1) is 0 Å². The Morgan fingerprint density at radius 2 is 2.00 bits per heavy atom. The number of amides is 2. The van der Waals surface area contributed by atoms with E-state index in [1.165, 1.54) is 6.33 Å². The monoisotopic (exact) mass is 316 g/mol. The molecule has 2 aromatic heterocycles. The van der Waals surface area contributed by atoms with E-state index in [-0.39, 0.29) is 11.4 Å². The van der Waals surface area contributed by atoms with Gasteiger partial charge in [-0.2, -0.15) is 0 Å². The summed E-state index contributed by atoms with van der Waals surface area (Å²) in [7, 11) is 0. The molecule has 122 valence electrons. The number of carbonyl (C=O) groups excluding carboxylic acids is 1. The molecule has 8 heteroatoms. The quantitative estimate of drug-likeness (QED) is 0.915. The molecule has 3 rings (SSSR count). The first-order valence-electron chi connectivity index (χ1n) is 7.53. The van der Waals surface area contributed by atoms with Crippen LogP contribution in [0.25, 0.3) is 0 Å². The van der Waals surface area contributed by atoms with Gasteiger partial charge >= 0.3 is 6.03 Å². The summed E-state index contributed by atoms with van der Waals surface area (Å²) in [5.74, 6) is 0.344. The van der Waals surface area contributed by atoms with Gasteiger partial charge in [0.25, 0.3) is 0 Å². The minimum atomic E-state index is -0.261. The van der Waals surface area contributed by atoms with E-state index in [2.05, 4.69) is 20.4 Å². The molecule has 0 spiro atoms. The molecule has 8 nitrogen and oxygen atoms in total. The smallest absolute Gasteiger partial charge is 0.338 e. The number of carbonyl (C=O) groups is 1. The van der Waals surface area contributed by atoms with Gasteiger partial charge in [-0.1, -0.05) is 25.9 Å². The standard InChI is InChI=1S/C15H20N6O2/c1-15(2,3)12-7-13(23-19-12)18-14(22)21-6-4-5-20(21)11-8-16-10-17-9-11/h7-10H,4-6H2,1-3H3,(H,18,22). The third-order valence-corrected chi connectivity index (χ3v) is 3.62. The molecule has 0 bridgehead atoms. The Bertz CT molecular complexity index is 679. The van der Waals surface area contributed by atoms with Gasteiger partial charge in [0.15, 0.2) is 0 Å². The first kappa shape index (κ1) is 15.3. The van der Waals surface area contributed by atoms with E-state index in [1.807, 2.05) is 25.8 Å². The van der Waals surface area contributed by atoms with Crippen molar-refractivity contribution in [2.24, 2.45) is 0 Å². The zero-order valence-corrected chi connectivity index (χ0v) is 13.5. The maximum absolute atomic E-state index is 12.5. The summed E-state index contributed by atoms with van der Waals surface area (Å²) in [6.45, 7) is 7.47. The largest absolute Gasteiger partial charge is 0.343 e. The molecule has 1 aliphatic rings. The minimum Gasteiger partial charge on any atom is -0.338 e. The lowest BCUT2D eigenvalue weighted by atomic mass is 9.92. The number of nitrogens with zero attached hydrogens (tertiary/aromatic N) is 5. The highest BCUT2D eigenvalue weighted by Gasteiger charge is 2.28. The van der Waals surface area contributed by atoms with Crippen molar-refractivity contribution in [2.45, 2.75) is 32.6 Å². The van der Waals surface area contributed by atoms with E-state index in [4.69, 9.17) is 4.52 Å². The molecule has 1 aliphatic heterocycles. The molecule has 2 amide bonds. The van der Waals surface area contributed by atoms with Crippen LogP contribution in [0.3, 0.4) is 0 Å². The van der Waals surface area contributed by atoms with Gasteiger partial charge < -0.3 is 4.52 Å². The summed E-state index contributed by atoms with van der Waals surface area (Å²) in [6.07, 6.45) is 5.72. The lowest BCUT2D eigenvalue weighted by Gasteiger charge is -2.28. The highest BCUT2D eigenvalue weighted by molar-refractivity contribution is 5.89. The number of urea groups is 1. The van der Waals surface area contributed by atoms with Crippen LogP contribution < -0.4 is 10.3 Å². The molecule has 0 unspecified atom stereocenters. The summed E-state index contributed by atoms with van der Waals surface area (Å²) in [6, 6.07) is 1.49. The molecule has 0 radical (unpaired) electrons. The third kappa shape index (κ3) is 3.25. The molecular weight excluding hydrogens is 296 g/mol. The predicted octanol–water partition coefficient (Wildman–Crippen LogP) is 2.42. The normalized spacial score (nSPS) is 15.1. The van der Waals surface area contributed by atoms with Crippen molar-refractivity contribution >= 4 is 17.6 Å². The highest BCUT2D eigenvalue weighted by Crippen LogP contribution is 2.25. The van der Waals surface area contributed by atoms with E-state index in [0.717, 1.165) is 24.3 Å². The summed E-state index contributed by atoms with van der Waals surface area (Å²) in [5, 5.41) is 10.2. The second kappa shape index (κ2) is 5.86. The Hall–Kier alpha value is -2.64. The zero-order chi connectivity index (χ0) is 16.4. The van der Waals surface area contributed by atoms with Gasteiger partial charge in [0.05, 0.1) is 23.8 Å². The van der Waals surface area contributed by atoms with Crippen molar-refractivity contribution in [3.05, 3.63) is 30.5 Å². The van der Waals surface area contributed by atoms with Crippen molar-refractivity contribution in [1.82, 2.24) is 20.1 Å². The van der Waals surface area contributed by atoms with Crippen molar-refractivity contribution in [3.8, 4) is 0 Å². The first-order chi connectivity index (χ1) is 10.9. The van der Waals surface area contributed by atoms with E-state index in [1.54, 1.807) is 23.5 Å². The number of hydrogen-bond acceptors (Lipinski definition) is 6. The molecule has 1 saturated heterocycles. The van der Waals surface area contributed by atoms with Crippen LogP contribution >= 0.6 is 0 Å². The zero-order valence-electron chi connectivity index (χ0n) is 13.5. The molecule has 23 heavy (non-hydrogen) atoms. The van der Waals surface area contributed by atoms with Crippen LogP contribution in [-0.2, 0) is 5.41 Å². The minimum absolute atomic E-state index is 0.131. The number of rotatable bonds is 2. The fourth-order valence-electron chi connectivity index (χ4n) is 2.37. The Labute approximate surface area is 134 Å². The average Bonchev–Trinajstić information content (AvgIpc) is 3.16. The van der Waals surface area contributed by atoms with E-state index < -0.39 is 0 Å². The number of aromatic nitrogens is 3. The molecule has 0 saturated carbocycles. The Balaban J connectivity index is 1.71. The number of nitrogens with one attached hydrogen (secondary N) is 1. The lowest BCUT2D eigenvalue weighted by molar-refractivity contribution is 0.217. The van der Waals surface area contributed by atoms with Crippen molar-refractivity contribution < 1.29 is 9.32 Å². The molecular formula is C15H20N6O2. The summed E-state index contributed by atoms with van der Waals surface area (Å²) >= 11 is 0. The van der Waals surface area contributed by atoms with Crippen LogP contribution in [-0.4, -0.2) is 39.3 Å². The molecule has 0 aliphatic carbocycles. The molecule has 0 aromatic carbocycles. The van der Waals surface area contributed by atoms with Gasteiger partial charge in [-0.3, -0.25) is 10.3 Å². The van der Waals surface area contributed by atoms with E-state index in [9.17, 15) is 4.79 Å². The van der Waals surface area contributed by atoms with Gasteiger partial charge in [0, 0.05) is 24.6 Å². The fraction of sp³-hybridized carbons (Fsp3) is 0.467. The third-order valence-electron chi connectivity index (χ3n) is 3.62. The van der Waals surface area contributed by atoms with Gasteiger partial charge in [0.2, 0.25) is 5.88 Å². The van der Waals surface area contributed by atoms with Crippen molar-refractivity contribution in [2.75, 3.05) is 23.4 Å². The Kier molecular flexibility index (Phi) is 3.89. The Morgan fingerprint density at radius 3 is 2.65 bits per heavy atom. The predicted molar refractivity (Wildman–Crippen MR) is 84.9 cm³/mol. The van der Waals surface area contributed by atoms with E-state index >= 15 is 0 Å². The average molecular weight is 316 g/mol.